The molecule has 2 amide bonds. The highest BCUT2D eigenvalue weighted by Crippen LogP contribution is 2.31. The Balaban J connectivity index is 1.38. The van der Waals surface area contributed by atoms with Crippen LogP contribution in [0.1, 0.15) is 41.4 Å². The number of hydrogen-bond acceptors (Lipinski definition) is 8. The van der Waals surface area contributed by atoms with E-state index in [0.29, 0.717) is 39.1 Å². The van der Waals surface area contributed by atoms with Gasteiger partial charge in [0.15, 0.2) is 15.0 Å². The Hall–Kier alpha value is -4.09. The molecule has 212 valence electrons. The second kappa shape index (κ2) is 11.8. The minimum atomic E-state index is -3.34. The van der Waals surface area contributed by atoms with E-state index in [1.807, 2.05) is 24.0 Å². The van der Waals surface area contributed by atoms with E-state index in [2.05, 4.69) is 22.2 Å². The van der Waals surface area contributed by atoms with Gasteiger partial charge in [0, 0.05) is 41.5 Å². The average molecular weight is 591 g/mol. The average Bonchev–Trinajstić information content (AvgIpc) is 3.56. The summed E-state index contributed by atoms with van der Waals surface area (Å²) in [5.41, 5.74) is 3.26. The lowest BCUT2D eigenvalue weighted by Crippen LogP contribution is -2.34. The van der Waals surface area contributed by atoms with Crippen molar-refractivity contribution in [3.63, 3.8) is 0 Å². The standard InChI is InChI=1S/C30H30N4O5S2/c1-19-6-4-12-31-28(19)21-14-22(16-25(15-21)39-24-8-10-26(11-9-24)41(3,37)38)29(36)33-30-32-23(18-40-30)17-27(35)34-13-5-7-20(34)2/h4,6,8-12,14-16,18,20H,5,7,13,17H2,1-3H3,(H,32,33,36). The van der Waals surface area contributed by atoms with Crippen LogP contribution in [0, 0.1) is 6.92 Å². The van der Waals surface area contributed by atoms with E-state index >= 15 is 0 Å². The molecule has 0 bridgehead atoms. The summed E-state index contributed by atoms with van der Waals surface area (Å²) >= 11 is 1.26. The summed E-state index contributed by atoms with van der Waals surface area (Å²) in [7, 11) is -3.34. The predicted octanol–water partition coefficient (Wildman–Crippen LogP) is 5.52. The first-order valence-electron chi connectivity index (χ1n) is 13.2. The van der Waals surface area contributed by atoms with Crippen molar-refractivity contribution in [3.05, 3.63) is 83.0 Å². The zero-order valence-corrected chi connectivity index (χ0v) is 24.6. The van der Waals surface area contributed by atoms with Gasteiger partial charge in [-0.05, 0) is 80.8 Å². The molecule has 2 aromatic heterocycles. The monoisotopic (exact) mass is 590 g/mol. The number of nitrogens with zero attached hydrogens (tertiary/aromatic N) is 3. The highest BCUT2D eigenvalue weighted by Gasteiger charge is 2.25. The molecule has 1 saturated heterocycles. The number of benzene rings is 2. The van der Waals surface area contributed by atoms with Crippen LogP contribution < -0.4 is 10.1 Å². The fraction of sp³-hybridized carbons (Fsp3) is 0.267. The molecule has 2 aromatic carbocycles. The number of carbonyl (C=O) groups excluding carboxylic acids is 2. The topological polar surface area (TPSA) is 119 Å². The first-order valence-corrected chi connectivity index (χ1v) is 15.9. The zero-order valence-electron chi connectivity index (χ0n) is 23.0. The first-order chi connectivity index (χ1) is 19.6. The fourth-order valence-corrected chi connectivity index (χ4v) is 6.12. The minimum absolute atomic E-state index is 0.0444. The number of thiazole rings is 1. The van der Waals surface area contributed by atoms with Gasteiger partial charge in [-0.1, -0.05) is 6.07 Å². The number of carbonyl (C=O) groups is 2. The van der Waals surface area contributed by atoms with E-state index in [9.17, 15) is 18.0 Å². The van der Waals surface area contributed by atoms with Crippen molar-refractivity contribution in [1.82, 2.24) is 14.9 Å². The van der Waals surface area contributed by atoms with Crippen LogP contribution in [0.4, 0.5) is 5.13 Å². The fourth-order valence-electron chi connectivity index (χ4n) is 4.78. The van der Waals surface area contributed by atoms with E-state index in [1.165, 1.54) is 23.5 Å². The Labute approximate surface area is 243 Å². The van der Waals surface area contributed by atoms with Gasteiger partial charge >= 0.3 is 0 Å². The molecule has 0 aliphatic carbocycles. The van der Waals surface area contributed by atoms with Gasteiger partial charge in [-0.2, -0.15) is 0 Å². The number of pyridine rings is 1. The molecule has 1 atom stereocenters. The number of hydrogen-bond donors (Lipinski definition) is 1. The quantitative estimate of drug-likeness (QED) is 0.287. The van der Waals surface area contributed by atoms with E-state index in [1.54, 1.807) is 41.9 Å². The molecule has 1 N–H and O–H groups in total. The summed E-state index contributed by atoms with van der Waals surface area (Å²) < 4.78 is 29.7. The summed E-state index contributed by atoms with van der Waals surface area (Å²) in [4.78, 5) is 37.1. The van der Waals surface area contributed by atoms with Crippen LogP contribution in [0.5, 0.6) is 11.5 Å². The molecule has 1 unspecified atom stereocenters. The Morgan fingerprint density at radius 2 is 1.90 bits per heavy atom. The minimum Gasteiger partial charge on any atom is -0.457 e. The predicted molar refractivity (Wildman–Crippen MR) is 158 cm³/mol. The molecule has 1 aliphatic rings. The molecule has 1 aliphatic heterocycles. The molecule has 0 radical (unpaired) electrons. The molecule has 0 spiro atoms. The molecule has 9 nitrogen and oxygen atoms in total. The lowest BCUT2D eigenvalue weighted by molar-refractivity contribution is -0.131. The molecule has 3 heterocycles. The maximum Gasteiger partial charge on any atom is 0.257 e. The van der Waals surface area contributed by atoms with Crippen molar-refractivity contribution in [2.24, 2.45) is 0 Å². The van der Waals surface area contributed by atoms with Crippen LogP contribution in [0.2, 0.25) is 0 Å². The zero-order chi connectivity index (χ0) is 29.1. The van der Waals surface area contributed by atoms with Crippen molar-refractivity contribution in [2.75, 3.05) is 18.1 Å². The molecule has 4 aromatic rings. The number of amides is 2. The number of ether oxygens (including phenoxy) is 1. The first kappa shape index (κ1) is 28.4. The van der Waals surface area contributed by atoms with Crippen molar-refractivity contribution in [3.8, 4) is 22.8 Å². The van der Waals surface area contributed by atoms with E-state index in [0.717, 1.165) is 31.2 Å². The van der Waals surface area contributed by atoms with Crippen molar-refractivity contribution < 1.29 is 22.7 Å². The third kappa shape index (κ3) is 6.80. The Morgan fingerprint density at radius 3 is 2.59 bits per heavy atom. The van der Waals surface area contributed by atoms with Crippen LogP contribution in [0.3, 0.4) is 0 Å². The summed E-state index contributed by atoms with van der Waals surface area (Å²) in [5.74, 6) is 0.455. The number of rotatable bonds is 8. The molecule has 41 heavy (non-hydrogen) atoms. The maximum absolute atomic E-state index is 13.4. The molecule has 0 saturated carbocycles. The number of nitrogens with one attached hydrogen (secondary N) is 1. The lowest BCUT2D eigenvalue weighted by Gasteiger charge is -2.20. The van der Waals surface area contributed by atoms with Crippen molar-refractivity contribution in [1.29, 1.82) is 0 Å². The third-order valence-electron chi connectivity index (χ3n) is 6.92. The van der Waals surface area contributed by atoms with Gasteiger partial charge in [0.25, 0.3) is 5.91 Å². The summed E-state index contributed by atoms with van der Waals surface area (Å²) in [5, 5.41) is 5.02. The van der Waals surface area contributed by atoms with Gasteiger partial charge < -0.3 is 9.64 Å². The number of sulfone groups is 1. The van der Waals surface area contributed by atoms with Crippen LogP contribution in [-0.2, 0) is 21.1 Å². The van der Waals surface area contributed by atoms with Crippen LogP contribution in [0.15, 0.2) is 71.1 Å². The number of anilines is 1. The van der Waals surface area contributed by atoms with Gasteiger partial charge in [0.1, 0.15) is 11.5 Å². The van der Waals surface area contributed by atoms with Crippen LogP contribution in [0.25, 0.3) is 11.3 Å². The van der Waals surface area contributed by atoms with E-state index in [4.69, 9.17) is 4.74 Å². The number of aromatic nitrogens is 2. The normalized spacial score (nSPS) is 15.1. The van der Waals surface area contributed by atoms with Crippen LogP contribution in [-0.4, -0.2) is 53.9 Å². The van der Waals surface area contributed by atoms with Gasteiger partial charge in [0.2, 0.25) is 5.91 Å². The van der Waals surface area contributed by atoms with Crippen molar-refractivity contribution >= 4 is 38.1 Å². The summed E-state index contributed by atoms with van der Waals surface area (Å²) in [6, 6.07) is 15.2. The lowest BCUT2D eigenvalue weighted by atomic mass is 10.0. The molecule has 5 rings (SSSR count). The highest BCUT2D eigenvalue weighted by atomic mass is 32.2. The Bertz CT molecular complexity index is 1700. The Kier molecular flexibility index (Phi) is 8.18. The smallest absolute Gasteiger partial charge is 0.257 e. The van der Waals surface area contributed by atoms with Crippen molar-refractivity contribution in [2.45, 2.75) is 44.0 Å². The van der Waals surface area contributed by atoms with E-state index < -0.39 is 15.7 Å². The number of likely N-dealkylation sites (tertiary alicyclic amines) is 1. The molecular formula is C30H30N4O5S2. The second-order valence-corrected chi connectivity index (χ2v) is 13.0. The third-order valence-corrected chi connectivity index (χ3v) is 8.85. The van der Waals surface area contributed by atoms with Crippen LogP contribution >= 0.6 is 11.3 Å². The molecule has 1 fully saturated rings. The summed E-state index contributed by atoms with van der Waals surface area (Å²) in [6.07, 6.45) is 5.05. The maximum atomic E-state index is 13.4. The van der Waals surface area contributed by atoms with Gasteiger partial charge in [0.05, 0.1) is 22.7 Å². The Morgan fingerprint density at radius 1 is 1.12 bits per heavy atom. The molecular weight excluding hydrogens is 560 g/mol. The van der Waals surface area contributed by atoms with Gasteiger partial charge in [-0.3, -0.25) is 19.9 Å². The second-order valence-electron chi connectivity index (χ2n) is 10.1. The highest BCUT2D eigenvalue weighted by molar-refractivity contribution is 7.90. The van der Waals surface area contributed by atoms with Gasteiger partial charge in [-0.15, -0.1) is 11.3 Å². The van der Waals surface area contributed by atoms with E-state index in [-0.39, 0.29) is 23.3 Å². The largest absolute Gasteiger partial charge is 0.457 e. The molecule has 11 heteroatoms. The number of aryl methyl sites for hydroxylation is 1. The van der Waals surface area contributed by atoms with Gasteiger partial charge in [-0.25, -0.2) is 13.4 Å². The summed E-state index contributed by atoms with van der Waals surface area (Å²) in [6.45, 7) is 4.76. The SMILES string of the molecule is Cc1cccnc1-c1cc(Oc2ccc(S(C)(=O)=O)cc2)cc(C(=O)Nc2nc(CC(=O)N3CCCC3C)cs2)c1.